The van der Waals surface area contributed by atoms with E-state index < -0.39 is 0 Å². The molecule has 0 saturated carbocycles. The van der Waals surface area contributed by atoms with Gasteiger partial charge in [0, 0.05) is 12.5 Å². The summed E-state index contributed by atoms with van der Waals surface area (Å²) in [6.07, 6.45) is 7.29. The molecule has 0 aliphatic carbocycles. The molecule has 13 heavy (non-hydrogen) atoms. The van der Waals surface area contributed by atoms with Gasteiger partial charge in [0.15, 0.2) is 0 Å². The zero-order chi connectivity index (χ0) is 9.73. The first kappa shape index (κ1) is 10.7. The zero-order valence-corrected chi connectivity index (χ0v) is 9.21. The highest BCUT2D eigenvalue weighted by Gasteiger charge is 2.26. The molecule has 2 nitrogen and oxygen atoms in total. The SMILES string of the molecule is CCC[N+]1(CC)C=CC(NC)CC1. The van der Waals surface area contributed by atoms with Crippen LogP contribution in [-0.4, -0.2) is 37.2 Å². The van der Waals surface area contributed by atoms with Gasteiger partial charge in [-0.1, -0.05) is 6.92 Å². The van der Waals surface area contributed by atoms with Gasteiger partial charge < -0.3 is 5.32 Å². The minimum atomic E-state index is 0.606. The average molecular weight is 183 g/mol. The molecule has 0 bridgehead atoms. The highest BCUT2D eigenvalue weighted by Crippen LogP contribution is 2.17. The molecule has 2 unspecified atom stereocenters. The maximum Gasteiger partial charge on any atom is 0.0933 e. The van der Waals surface area contributed by atoms with E-state index in [1.807, 2.05) is 7.05 Å². The van der Waals surface area contributed by atoms with E-state index in [9.17, 15) is 0 Å². The highest BCUT2D eigenvalue weighted by atomic mass is 15.3. The van der Waals surface area contributed by atoms with Crippen molar-refractivity contribution in [3.05, 3.63) is 12.3 Å². The fourth-order valence-electron chi connectivity index (χ4n) is 2.15. The molecule has 76 valence electrons. The minimum absolute atomic E-state index is 0.606. The smallest absolute Gasteiger partial charge is 0.0933 e. The van der Waals surface area contributed by atoms with E-state index in [-0.39, 0.29) is 0 Å². The first-order chi connectivity index (χ1) is 6.26. The molecule has 0 amide bonds. The lowest BCUT2D eigenvalue weighted by molar-refractivity contribution is -0.880. The van der Waals surface area contributed by atoms with E-state index in [0.29, 0.717) is 6.04 Å². The molecule has 1 aliphatic heterocycles. The Morgan fingerprint density at radius 2 is 2.23 bits per heavy atom. The summed E-state index contributed by atoms with van der Waals surface area (Å²) in [5, 5.41) is 3.31. The lowest BCUT2D eigenvalue weighted by Gasteiger charge is -2.37. The summed E-state index contributed by atoms with van der Waals surface area (Å²) in [6.45, 7) is 8.39. The summed E-state index contributed by atoms with van der Waals surface area (Å²) in [4.78, 5) is 0. The Morgan fingerprint density at radius 3 is 2.62 bits per heavy atom. The fraction of sp³-hybridized carbons (Fsp3) is 0.818. The van der Waals surface area contributed by atoms with E-state index in [1.165, 1.54) is 37.0 Å². The number of hydrogen-bond donors (Lipinski definition) is 1. The molecule has 1 heterocycles. The molecule has 0 aromatic heterocycles. The topological polar surface area (TPSA) is 12.0 Å². The predicted molar refractivity (Wildman–Crippen MR) is 57.4 cm³/mol. The van der Waals surface area contributed by atoms with Crippen LogP contribution in [0, 0.1) is 0 Å². The van der Waals surface area contributed by atoms with Gasteiger partial charge in [-0.3, -0.25) is 4.48 Å². The molecule has 0 spiro atoms. The molecule has 0 fully saturated rings. The van der Waals surface area contributed by atoms with Crippen LogP contribution >= 0.6 is 0 Å². The maximum absolute atomic E-state index is 3.31. The van der Waals surface area contributed by atoms with Crippen LogP contribution in [0.3, 0.4) is 0 Å². The third-order valence-electron chi connectivity index (χ3n) is 3.19. The molecule has 2 heteroatoms. The lowest BCUT2D eigenvalue weighted by atomic mass is 10.1. The van der Waals surface area contributed by atoms with Crippen molar-refractivity contribution < 1.29 is 4.48 Å². The molecule has 1 rings (SSSR count). The van der Waals surface area contributed by atoms with E-state index in [2.05, 4.69) is 31.4 Å². The van der Waals surface area contributed by atoms with Crippen LogP contribution in [0.15, 0.2) is 12.3 Å². The Hall–Kier alpha value is -0.340. The van der Waals surface area contributed by atoms with Crippen molar-refractivity contribution in [1.29, 1.82) is 0 Å². The Morgan fingerprint density at radius 1 is 1.46 bits per heavy atom. The van der Waals surface area contributed by atoms with Gasteiger partial charge in [-0.25, -0.2) is 0 Å². The van der Waals surface area contributed by atoms with Gasteiger partial charge in [0.2, 0.25) is 0 Å². The summed E-state index contributed by atoms with van der Waals surface area (Å²) in [5.74, 6) is 0. The van der Waals surface area contributed by atoms with Crippen LogP contribution < -0.4 is 5.32 Å². The molecule has 0 aromatic rings. The summed E-state index contributed by atoms with van der Waals surface area (Å²) < 4.78 is 1.19. The second-order valence-corrected chi connectivity index (χ2v) is 4.01. The van der Waals surface area contributed by atoms with E-state index in [4.69, 9.17) is 0 Å². The normalized spacial score (nSPS) is 33.6. The Bertz CT molecular complexity index is 177. The predicted octanol–water partition coefficient (Wildman–Crippen LogP) is 1.74. The molecular weight excluding hydrogens is 160 g/mol. The van der Waals surface area contributed by atoms with Gasteiger partial charge in [0.25, 0.3) is 0 Å². The van der Waals surface area contributed by atoms with E-state index >= 15 is 0 Å². The number of nitrogens with zero attached hydrogens (tertiary/aromatic N) is 1. The molecule has 0 aromatic carbocycles. The Labute approximate surface area is 82.2 Å². The summed E-state index contributed by atoms with van der Waals surface area (Å²) in [7, 11) is 2.04. The van der Waals surface area contributed by atoms with Crippen LogP contribution in [-0.2, 0) is 0 Å². The largest absolute Gasteiger partial charge is 0.313 e. The first-order valence-corrected chi connectivity index (χ1v) is 5.48. The minimum Gasteiger partial charge on any atom is -0.313 e. The van der Waals surface area contributed by atoms with Crippen molar-refractivity contribution in [2.75, 3.05) is 26.7 Å². The van der Waals surface area contributed by atoms with Gasteiger partial charge in [-0.05, 0) is 26.5 Å². The number of quaternary nitrogens is 1. The maximum atomic E-state index is 3.31. The van der Waals surface area contributed by atoms with Gasteiger partial charge in [-0.15, -0.1) is 0 Å². The van der Waals surface area contributed by atoms with Crippen molar-refractivity contribution in [3.8, 4) is 0 Å². The van der Waals surface area contributed by atoms with E-state index in [0.717, 1.165) is 0 Å². The quantitative estimate of drug-likeness (QED) is 0.655. The van der Waals surface area contributed by atoms with Gasteiger partial charge in [-0.2, -0.15) is 0 Å². The second kappa shape index (κ2) is 4.77. The third kappa shape index (κ3) is 2.55. The number of nitrogens with one attached hydrogen (secondary N) is 1. The fourth-order valence-corrected chi connectivity index (χ4v) is 2.15. The summed E-state index contributed by atoms with van der Waals surface area (Å²) in [5.41, 5.74) is 0. The molecule has 1 N–H and O–H groups in total. The molecule has 1 aliphatic rings. The Kier molecular flexibility index (Phi) is 3.94. The van der Waals surface area contributed by atoms with Crippen LogP contribution in [0.4, 0.5) is 0 Å². The standard InChI is InChI=1S/C11H23N2/c1-4-8-13(5-2)9-6-11(12-3)7-10-13/h6,9,11-12H,4-5,7-8,10H2,1-3H3/q+1. The molecule has 0 radical (unpaired) electrons. The van der Waals surface area contributed by atoms with Crippen molar-refractivity contribution in [2.45, 2.75) is 32.7 Å². The monoisotopic (exact) mass is 183 g/mol. The summed E-state index contributed by atoms with van der Waals surface area (Å²) in [6, 6.07) is 0.606. The lowest BCUT2D eigenvalue weighted by Crippen LogP contribution is -2.48. The van der Waals surface area contributed by atoms with Crippen molar-refractivity contribution in [2.24, 2.45) is 0 Å². The van der Waals surface area contributed by atoms with Gasteiger partial charge in [0.1, 0.15) is 0 Å². The number of rotatable bonds is 4. The first-order valence-electron chi connectivity index (χ1n) is 5.48. The van der Waals surface area contributed by atoms with Gasteiger partial charge >= 0.3 is 0 Å². The molecule has 2 atom stereocenters. The Balaban J connectivity index is 2.59. The number of likely N-dealkylation sites (N-methyl/N-ethyl adjacent to an activating group) is 1. The van der Waals surface area contributed by atoms with Crippen LogP contribution in [0.1, 0.15) is 26.7 Å². The average Bonchev–Trinajstić information content (AvgIpc) is 2.19. The second-order valence-electron chi connectivity index (χ2n) is 4.01. The van der Waals surface area contributed by atoms with Crippen LogP contribution in [0.25, 0.3) is 0 Å². The molecular formula is C11H23N2+. The number of hydrogen-bond acceptors (Lipinski definition) is 1. The van der Waals surface area contributed by atoms with Gasteiger partial charge in [0.05, 0.1) is 25.8 Å². The van der Waals surface area contributed by atoms with Crippen molar-refractivity contribution in [3.63, 3.8) is 0 Å². The summed E-state index contributed by atoms with van der Waals surface area (Å²) >= 11 is 0. The third-order valence-corrected chi connectivity index (χ3v) is 3.19. The van der Waals surface area contributed by atoms with Crippen LogP contribution in [0.2, 0.25) is 0 Å². The van der Waals surface area contributed by atoms with Crippen LogP contribution in [0.5, 0.6) is 0 Å². The zero-order valence-electron chi connectivity index (χ0n) is 9.21. The van der Waals surface area contributed by atoms with E-state index in [1.54, 1.807) is 0 Å². The highest BCUT2D eigenvalue weighted by molar-refractivity contribution is 4.92. The molecule has 0 saturated heterocycles. The van der Waals surface area contributed by atoms with Crippen molar-refractivity contribution in [1.82, 2.24) is 5.32 Å². The van der Waals surface area contributed by atoms with Crippen molar-refractivity contribution >= 4 is 0 Å².